The van der Waals surface area contributed by atoms with Crippen molar-refractivity contribution in [1.29, 1.82) is 0 Å². The summed E-state index contributed by atoms with van der Waals surface area (Å²) >= 11 is 0. The van der Waals surface area contributed by atoms with Crippen LogP contribution in [-0.2, 0) is 60.1 Å². The Morgan fingerprint density at radius 3 is 1.96 bits per heavy atom. The Labute approximate surface area is 508 Å². The normalized spacial score (nSPS) is 18.0. The third kappa shape index (κ3) is 17.5. The second-order valence-electron chi connectivity index (χ2n) is 22.6. The van der Waals surface area contributed by atoms with Crippen molar-refractivity contribution in [2.24, 2.45) is 22.7 Å². The molecule has 0 spiro atoms. The molecule has 3 aliphatic rings. The van der Waals surface area contributed by atoms with Gasteiger partial charge in [-0.1, -0.05) is 37.8 Å². The molecule has 7 rings (SSSR count). The van der Waals surface area contributed by atoms with Crippen molar-refractivity contribution in [3.63, 3.8) is 0 Å². The van der Waals surface area contributed by atoms with Crippen LogP contribution in [0.15, 0.2) is 61.1 Å². The van der Waals surface area contributed by atoms with E-state index in [-0.39, 0.29) is 15.9 Å². The average Bonchev–Trinajstić information content (AvgIpc) is 1.56. The standard InChI is InChI=1S/C56H64F10N9O14P/c1-53(2,55(61,62)63)40(21-46(77)84-5)48(78)71-73(26-39-41(57)18-34(19-42(39)58)43-15-16-74(70-43)49(59)60)27-45(89-52(80)87-30-88-90(81,82)83)35(20-44(76)47(69-51(79)85-6)54(3,4)56(64,65)66)17-32-10-7-31(8-11-32)9-12-33-22-67-50(68-23-33)72-24-36-13-14-37(25-72)75(36)38-28-86-29-38/h7-8,10-11,15-16,18-19,22-23,35-38,40,45,47,49H,13-14,17,20-21,24-30H2,1-6H3,(H,69,79)(H,71,78)(H2,81,82,83)/t35-,36?,37?,40-,45+,47-/m1/s1. The Morgan fingerprint density at radius 1 is 0.833 bits per heavy atom. The number of hydrogen-bond donors (Lipinski definition) is 4. The molecule has 3 saturated heterocycles. The monoisotopic (exact) mass is 1310 g/mol. The summed E-state index contributed by atoms with van der Waals surface area (Å²) in [4.78, 5) is 100. The van der Waals surface area contributed by atoms with E-state index < -0.39 is 153 Å². The predicted molar refractivity (Wildman–Crippen MR) is 293 cm³/mol. The molecule has 90 heavy (non-hydrogen) atoms. The number of Topliss-reactive ketones (excluding diaryl/α,β-unsaturated/α-hetero) is 1. The first kappa shape index (κ1) is 70.0. The molecule has 2 aromatic carbocycles. The second-order valence-corrected chi connectivity index (χ2v) is 23.9. The number of alkyl carbamates (subject to hydrolysis) is 1. The largest absolute Gasteiger partial charge is 0.510 e. The van der Waals surface area contributed by atoms with E-state index >= 15 is 8.78 Å². The molecule has 5 heterocycles. The summed E-state index contributed by atoms with van der Waals surface area (Å²) in [5.41, 5.74) is -5.17. The van der Waals surface area contributed by atoms with Crippen molar-refractivity contribution in [3.8, 4) is 23.1 Å². The summed E-state index contributed by atoms with van der Waals surface area (Å²) in [6, 6.07) is 6.43. The Balaban J connectivity index is 1.28. The van der Waals surface area contributed by atoms with Crippen molar-refractivity contribution in [3.05, 3.63) is 94.9 Å². The van der Waals surface area contributed by atoms with E-state index in [0.29, 0.717) is 93.3 Å². The van der Waals surface area contributed by atoms with Gasteiger partial charge in [0.2, 0.25) is 18.6 Å². The van der Waals surface area contributed by atoms with Crippen LogP contribution in [0.2, 0.25) is 0 Å². The van der Waals surface area contributed by atoms with E-state index in [1.165, 1.54) is 24.3 Å². The maximum atomic E-state index is 16.4. The minimum atomic E-state index is -5.41. The van der Waals surface area contributed by atoms with Crippen molar-refractivity contribution in [2.45, 2.75) is 116 Å². The number of nitrogens with zero attached hydrogens (tertiary/aromatic N) is 7. The first-order valence-corrected chi connectivity index (χ1v) is 29.1. The molecule has 6 atom stereocenters. The molecule has 4 N–H and O–H groups in total. The quantitative estimate of drug-likeness (QED) is 0.00937. The second kappa shape index (κ2) is 28.8. The van der Waals surface area contributed by atoms with Gasteiger partial charge in [0.25, 0.3) is 0 Å². The number of phosphoric ester groups is 1. The number of phosphoric acid groups is 1. The van der Waals surface area contributed by atoms with Crippen LogP contribution < -0.4 is 15.6 Å². The zero-order chi connectivity index (χ0) is 66.3. The first-order valence-electron chi connectivity index (χ1n) is 27.6. The molecule has 2 amide bonds. The highest BCUT2D eigenvalue weighted by molar-refractivity contribution is 7.46. The Morgan fingerprint density at radius 2 is 1.43 bits per heavy atom. The first-order chi connectivity index (χ1) is 42.1. The van der Waals surface area contributed by atoms with Gasteiger partial charge >= 0.3 is 44.9 Å². The summed E-state index contributed by atoms with van der Waals surface area (Å²) in [5, 5.41) is 5.87. The van der Waals surface area contributed by atoms with Crippen LogP contribution in [-0.4, -0.2) is 166 Å². The lowest BCUT2D eigenvalue weighted by Crippen LogP contribution is -2.62. The van der Waals surface area contributed by atoms with Crippen molar-refractivity contribution in [2.75, 3.05) is 58.8 Å². The van der Waals surface area contributed by atoms with Crippen molar-refractivity contribution < 1.29 is 110 Å². The number of hydrogen-bond acceptors (Lipinski definition) is 18. The fraction of sp³-hybridized carbons (Fsp3) is 0.536. The number of methoxy groups -OCH3 is 2. The number of aromatic nitrogens is 4. The third-order valence-corrected chi connectivity index (χ3v) is 16.4. The van der Waals surface area contributed by atoms with Crippen molar-refractivity contribution in [1.82, 2.24) is 40.4 Å². The van der Waals surface area contributed by atoms with Crippen LogP contribution in [0.5, 0.6) is 0 Å². The van der Waals surface area contributed by atoms with E-state index in [2.05, 4.69) is 56.1 Å². The number of hydrazine groups is 1. The third-order valence-electron chi connectivity index (χ3n) is 15.9. The van der Waals surface area contributed by atoms with Crippen LogP contribution in [0.3, 0.4) is 0 Å². The van der Waals surface area contributed by atoms with Gasteiger partial charge in [-0.25, -0.2) is 47.1 Å². The molecule has 2 aromatic heterocycles. The van der Waals surface area contributed by atoms with Gasteiger partial charge in [0.05, 0.1) is 74.4 Å². The number of benzene rings is 2. The number of alkyl halides is 8. The lowest BCUT2D eigenvalue weighted by molar-refractivity contribution is -0.231. The number of fused-ring (bicyclic) bond motifs is 2. The minimum Gasteiger partial charge on any atom is -0.469 e. The number of amides is 2. The van der Waals surface area contributed by atoms with Gasteiger partial charge in [-0.3, -0.25) is 24.7 Å². The molecular formula is C56H64F10N9O14P. The topological polar surface area (TPSA) is 276 Å². The molecule has 3 fully saturated rings. The van der Waals surface area contributed by atoms with E-state index in [1.54, 1.807) is 12.4 Å². The fourth-order valence-electron chi connectivity index (χ4n) is 10.5. The molecule has 0 radical (unpaired) electrons. The van der Waals surface area contributed by atoms with Crippen LogP contribution in [0.1, 0.15) is 82.2 Å². The predicted octanol–water partition coefficient (Wildman–Crippen LogP) is 7.79. The summed E-state index contributed by atoms with van der Waals surface area (Å²) in [6.07, 6.45) is -13.4. The molecule has 0 saturated carbocycles. The summed E-state index contributed by atoms with van der Waals surface area (Å²) in [6.45, 7) is -2.29. The van der Waals surface area contributed by atoms with Gasteiger partial charge in [-0.05, 0) is 69.0 Å². The maximum absolute atomic E-state index is 16.4. The number of carbonyl (C=O) groups is 5. The summed E-state index contributed by atoms with van der Waals surface area (Å²) in [7, 11) is -3.85. The number of rotatable bonds is 25. The minimum absolute atomic E-state index is 0.155. The molecule has 2 unspecified atom stereocenters. The lowest BCUT2D eigenvalue weighted by Gasteiger charge is -2.47. The zero-order valence-corrected chi connectivity index (χ0v) is 49.9. The van der Waals surface area contributed by atoms with Gasteiger partial charge in [-0.15, -0.1) is 0 Å². The molecule has 2 bridgehead atoms. The van der Waals surface area contributed by atoms with E-state index in [1.807, 2.05) is 5.32 Å². The van der Waals surface area contributed by atoms with E-state index in [4.69, 9.17) is 14.2 Å². The Kier molecular flexibility index (Phi) is 22.4. The van der Waals surface area contributed by atoms with Crippen LogP contribution in [0.4, 0.5) is 59.4 Å². The highest BCUT2D eigenvalue weighted by Gasteiger charge is 2.57. The van der Waals surface area contributed by atoms with Gasteiger partial charge < -0.3 is 43.7 Å². The zero-order valence-electron chi connectivity index (χ0n) is 49.0. The smallest absolute Gasteiger partial charge is 0.469 e. The number of halogens is 10. The fourth-order valence-corrected chi connectivity index (χ4v) is 10.7. The number of ether oxygens (including phenoxy) is 5. The van der Waals surface area contributed by atoms with Crippen molar-refractivity contribution >= 4 is 43.7 Å². The molecule has 34 heteroatoms. The average molecular weight is 1310 g/mol. The van der Waals surface area contributed by atoms with Gasteiger partial charge in [0.15, 0.2) is 5.78 Å². The molecule has 4 aromatic rings. The van der Waals surface area contributed by atoms with Crippen LogP contribution in [0.25, 0.3) is 11.3 Å². The molecule has 0 aliphatic carbocycles. The number of esters is 1. The lowest BCUT2D eigenvalue weighted by atomic mass is 9.75. The molecule has 492 valence electrons. The van der Waals surface area contributed by atoms with E-state index in [0.717, 1.165) is 52.4 Å². The summed E-state index contributed by atoms with van der Waals surface area (Å²) in [5.74, 6) is -5.42. The number of ketones is 1. The van der Waals surface area contributed by atoms with Gasteiger partial charge in [0.1, 0.15) is 23.8 Å². The van der Waals surface area contributed by atoms with Gasteiger partial charge in [-0.2, -0.15) is 40.2 Å². The highest BCUT2D eigenvalue weighted by atomic mass is 31.2. The van der Waals surface area contributed by atoms with Crippen LogP contribution in [0, 0.1) is 46.1 Å². The maximum Gasteiger partial charge on any atom is 0.510 e. The number of carbonyl (C=O) groups excluding carboxylic acids is 5. The number of piperazine rings is 1. The molecular weight excluding hydrogens is 1240 g/mol. The SMILES string of the molecule is COC(=O)C[C@H](C(=O)NN(Cc1c(F)cc(-c2ccn(C(F)F)n2)cc1F)C[C@H](OC(=O)OCOP(=O)(O)O)[C@@H](CC(=O)[C@@H](NC(=O)OC)C(C)(C)C(F)(F)F)Cc1ccc(C#Cc2cnc(N3CC4CCC(C3)N4C3COC3)nc2)cc1)C(C)(C)C(F)(F)F. The Bertz CT molecular complexity index is 3280. The molecule has 23 nitrogen and oxygen atoms in total. The Hall–Kier alpha value is -7.47. The molecule has 3 aliphatic heterocycles. The number of nitrogens with one attached hydrogen (secondary N) is 2. The van der Waals surface area contributed by atoms with E-state index in [9.17, 15) is 73.4 Å². The summed E-state index contributed by atoms with van der Waals surface area (Å²) < 4.78 is 189. The van der Waals surface area contributed by atoms with Gasteiger partial charge in [0, 0.05) is 79.3 Å². The highest BCUT2D eigenvalue weighted by Crippen LogP contribution is 2.46. The van der Waals surface area contributed by atoms with Crippen LogP contribution >= 0.6 is 7.82 Å². The number of anilines is 1.